The van der Waals surface area contributed by atoms with Gasteiger partial charge in [-0.2, -0.15) is 5.10 Å². The molecule has 6 nitrogen and oxygen atoms in total. The number of benzene rings is 1. The highest BCUT2D eigenvalue weighted by Crippen LogP contribution is 2.18. The number of hydrazone groups is 1. The lowest BCUT2D eigenvalue weighted by molar-refractivity contribution is -0.136. The van der Waals surface area contributed by atoms with Crippen molar-refractivity contribution in [1.82, 2.24) is 15.2 Å². The van der Waals surface area contributed by atoms with Crippen molar-refractivity contribution >= 4 is 29.1 Å². The van der Waals surface area contributed by atoms with Crippen LogP contribution in [-0.2, 0) is 9.59 Å². The van der Waals surface area contributed by atoms with Gasteiger partial charge in [0.05, 0.1) is 5.71 Å². The number of halogens is 1. The van der Waals surface area contributed by atoms with Crippen LogP contribution >= 0.6 is 11.6 Å². The quantitative estimate of drug-likeness (QED) is 0.710. The summed E-state index contributed by atoms with van der Waals surface area (Å²) < 4.78 is 0. The smallest absolute Gasteiger partial charge is 0.243 e. The molecule has 0 aliphatic carbocycles. The zero-order chi connectivity index (χ0) is 19.9. The van der Waals surface area contributed by atoms with E-state index < -0.39 is 0 Å². The van der Waals surface area contributed by atoms with E-state index in [1.165, 1.54) is 24.3 Å². The molecule has 1 N–H and O–H groups in total. The van der Waals surface area contributed by atoms with Crippen LogP contribution in [-0.4, -0.2) is 59.7 Å². The van der Waals surface area contributed by atoms with Crippen molar-refractivity contribution in [2.24, 2.45) is 5.10 Å². The lowest BCUT2D eigenvalue weighted by Gasteiger charge is -2.33. The Hall–Kier alpha value is -1.92. The summed E-state index contributed by atoms with van der Waals surface area (Å²) in [5, 5.41) is 9.27. The molecule has 0 aromatic heterocycles. The van der Waals surface area contributed by atoms with Crippen molar-refractivity contribution in [3.63, 3.8) is 0 Å². The molecule has 152 valence electrons. The molecule has 1 saturated heterocycles. The first kappa shape index (κ1) is 20.8. The van der Waals surface area contributed by atoms with Crippen LogP contribution in [0, 0.1) is 0 Å². The molecule has 1 unspecified atom stereocenters. The first-order valence-corrected chi connectivity index (χ1v) is 10.6. The van der Waals surface area contributed by atoms with Crippen molar-refractivity contribution in [2.75, 3.05) is 26.2 Å². The molecule has 1 fully saturated rings. The van der Waals surface area contributed by atoms with Crippen molar-refractivity contribution < 1.29 is 9.59 Å². The second-order valence-corrected chi connectivity index (χ2v) is 8.03. The minimum absolute atomic E-state index is 0.0317. The molecule has 2 aliphatic rings. The fourth-order valence-electron chi connectivity index (χ4n) is 3.77. The van der Waals surface area contributed by atoms with E-state index in [-0.39, 0.29) is 18.4 Å². The fourth-order valence-corrected chi connectivity index (χ4v) is 3.89. The molecule has 0 radical (unpaired) electrons. The van der Waals surface area contributed by atoms with Gasteiger partial charge in [-0.3, -0.25) is 9.59 Å². The first-order chi connectivity index (χ1) is 13.5. The van der Waals surface area contributed by atoms with Gasteiger partial charge in [-0.25, -0.2) is 5.01 Å². The molecule has 3 rings (SSSR count). The largest absolute Gasteiger partial charge is 0.354 e. The highest BCUT2D eigenvalue weighted by molar-refractivity contribution is 6.30. The minimum Gasteiger partial charge on any atom is -0.354 e. The van der Waals surface area contributed by atoms with Crippen LogP contribution < -0.4 is 5.32 Å². The van der Waals surface area contributed by atoms with Crippen LogP contribution in [0.4, 0.5) is 0 Å². The highest BCUT2D eigenvalue weighted by Gasteiger charge is 2.23. The second kappa shape index (κ2) is 10.0. The number of carbonyl (C=O) groups is 2. The van der Waals surface area contributed by atoms with Gasteiger partial charge in [0.2, 0.25) is 11.8 Å². The number of piperidine rings is 1. The zero-order valence-electron chi connectivity index (χ0n) is 16.5. The number of hydrogen-bond donors (Lipinski definition) is 1. The van der Waals surface area contributed by atoms with Gasteiger partial charge in [-0.15, -0.1) is 0 Å². The summed E-state index contributed by atoms with van der Waals surface area (Å²) in [6.45, 7) is 5.02. The van der Waals surface area contributed by atoms with Gasteiger partial charge in [0.25, 0.3) is 0 Å². The molecule has 1 aromatic rings. The van der Waals surface area contributed by atoms with E-state index in [0.29, 0.717) is 30.5 Å². The maximum Gasteiger partial charge on any atom is 0.243 e. The van der Waals surface area contributed by atoms with E-state index >= 15 is 0 Å². The van der Waals surface area contributed by atoms with Gasteiger partial charge in [0.15, 0.2) is 0 Å². The maximum atomic E-state index is 12.3. The van der Waals surface area contributed by atoms with Crippen LogP contribution in [0.3, 0.4) is 0 Å². The van der Waals surface area contributed by atoms with E-state index in [1.54, 1.807) is 12.1 Å². The van der Waals surface area contributed by atoms with Crippen LogP contribution in [0.2, 0.25) is 5.02 Å². The topological polar surface area (TPSA) is 65.0 Å². The maximum absolute atomic E-state index is 12.3. The summed E-state index contributed by atoms with van der Waals surface area (Å²) >= 11 is 5.93. The Morgan fingerprint density at radius 2 is 2.04 bits per heavy atom. The summed E-state index contributed by atoms with van der Waals surface area (Å²) in [5.41, 5.74) is 1.74. The van der Waals surface area contributed by atoms with Crippen molar-refractivity contribution in [2.45, 2.75) is 51.5 Å². The molecule has 2 aliphatic heterocycles. The molecule has 1 atom stereocenters. The van der Waals surface area contributed by atoms with Gasteiger partial charge in [0, 0.05) is 37.0 Å². The minimum atomic E-state index is -0.166. The van der Waals surface area contributed by atoms with Gasteiger partial charge < -0.3 is 10.2 Å². The van der Waals surface area contributed by atoms with E-state index in [9.17, 15) is 9.59 Å². The Morgan fingerprint density at radius 3 is 2.79 bits per heavy atom. The molecule has 0 bridgehead atoms. The summed E-state index contributed by atoms with van der Waals surface area (Å²) in [4.78, 5) is 26.9. The zero-order valence-corrected chi connectivity index (χ0v) is 17.2. The van der Waals surface area contributed by atoms with E-state index in [2.05, 4.69) is 22.2 Å². The van der Waals surface area contributed by atoms with E-state index in [4.69, 9.17) is 11.6 Å². The Morgan fingerprint density at radius 1 is 1.25 bits per heavy atom. The summed E-state index contributed by atoms with van der Waals surface area (Å²) in [6, 6.07) is 8.01. The lowest BCUT2D eigenvalue weighted by atomic mass is 10.0. The van der Waals surface area contributed by atoms with Gasteiger partial charge in [-0.1, -0.05) is 30.2 Å². The Labute approximate surface area is 171 Å². The predicted molar refractivity (Wildman–Crippen MR) is 111 cm³/mol. The summed E-state index contributed by atoms with van der Waals surface area (Å²) in [6.07, 6.45) is 5.70. The molecule has 0 spiro atoms. The number of likely N-dealkylation sites (tertiary alicyclic amines) is 1. The molecule has 7 heteroatoms. The molecule has 2 amide bonds. The fraction of sp³-hybridized carbons (Fsp3) is 0.571. The number of rotatable bonds is 7. The van der Waals surface area contributed by atoms with Crippen LogP contribution in [0.1, 0.15) is 51.0 Å². The van der Waals surface area contributed by atoms with Crippen molar-refractivity contribution in [1.29, 1.82) is 0 Å². The Bertz CT molecular complexity index is 720. The van der Waals surface area contributed by atoms with Gasteiger partial charge in [0.1, 0.15) is 6.54 Å². The molecular weight excluding hydrogens is 376 g/mol. The third-order valence-electron chi connectivity index (χ3n) is 5.46. The van der Waals surface area contributed by atoms with E-state index in [0.717, 1.165) is 30.8 Å². The second-order valence-electron chi connectivity index (χ2n) is 7.59. The standard InChI is InChI=1S/C21H29ClN4O2/c1-16-5-2-3-13-25(16)14-4-12-23-20(27)15-26-21(28)11-10-19(24-26)17-6-8-18(22)9-7-17/h6-9,16H,2-5,10-15H2,1H3,(H,23,27). The van der Waals surface area contributed by atoms with Gasteiger partial charge >= 0.3 is 0 Å². The molecule has 1 aromatic carbocycles. The number of hydrogen-bond acceptors (Lipinski definition) is 4. The molecule has 28 heavy (non-hydrogen) atoms. The van der Waals surface area contributed by atoms with Crippen molar-refractivity contribution in [3.05, 3.63) is 34.9 Å². The number of nitrogens with zero attached hydrogens (tertiary/aromatic N) is 3. The summed E-state index contributed by atoms with van der Waals surface area (Å²) in [5.74, 6) is -0.281. The van der Waals surface area contributed by atoms with E-state index in [1.807, 2.05) is 12.1 Å². The van der Waals surface area contributed by atoms with Crippen LogP contribution in [0.25, 0.3) is 0 Å². The van der Waals surface area contributed by atoms with Crippen LogP contribution in [0.5, 0.6) is 0 Å². The average Bonchev–Trinajstić information content (AvgIpc) is 2.69. The Balaban J connectivity index is 1.46. The summed E-state index contributed by atoms with van der Waals surface area (Å²) in [7, 11) is 0. The highest BCUT2D eigenvalue weighted by atomic mass is 35.5. The molecule has 2 heterocycles. The lowest BCUT2D eigenvalue weighted by Crippen LogP contribution is -2.42. The average molecular weight is 405 g/mol. The third-order valence-corrected chi connectivity index (χ3v) is 5.71. The van der Waals surface area contributed by atoms with Crippen LogP contribution in [0.15, 0.2) is 29.4 Å². The normalized spacial score (nSPS) is 20.8. The number of amides is 2. The SMILES string of the molecule is CC1CCCCN1CCCNC(=O)CN1N=C(c2ccc(Cl)cc2)CCC1=O. The molecule has 0 saturated carbocycles. The monoisotopic (exact) mass is 404 g/mol. The number of carbonyl (C=O) groups excluding carboxylic acids is 2. The van der Waals surface area contributed by atoms with Crippen molar-refractivity contribution in [3.8, 4) is 0 Å². The number of nitrogens with one attached hydrogen (secondary N) is 1. The third kappa shape index (κ3) is 5.79. The molecular formula is C21H29ClN4O2. The Kier molecular flexibility index (Phi) is 7.45. The van der Waals surface area contributed by atoms with Gasteiger partial charge in [-0.05, 0) is 50.4 Å². The first-order valence-electron chi connectivity index (χ1n) is 10.2. The predicted octanol–water partition coefficient (Wildman–Crippen LogP) is 3.05.